The Kier molecular flexibility index (Phi) is 4.19. The second-order valence-corrected chi connectivity index (χ2v) is 5.29. The molecule has 2 aliphatic heterocycles. The van der Waals surface area contributed by atoms with Crippen molar-refractivity contribution in [2.45, 2.75) is 13.3 Å². The van der Waals surface area contributed by atoms with Crippen LogP contribution < -0.4 is 5.32 Å². The standard InChI is InChI=1S/C14H9NO2.C4H7NO/c16-13-11-8-4-7-10(12(11)14(17)15-13)9-5-2-1-3-6-9;1-4-2-3-6-5-4/h1-8H,(H,15,16,17);2-3H2,1H3. The van der Waals surface area contributed by atoms with Crippen molar-refractivity contribution in [2.75, 3.05) is 6.61 Å². The van der Waals surface area contributed by atoms with Gasteiger partial charge in [0.15, 0.2) is 0 Å². The Morgan fingerprint density at radius 2 is 1.70 bits per heavy atom. The first-order valence-electron chi connectivity index (χ1n) is 7.36. The van der Waals surface area contributed by atoms with E-state index in [4.69, 9.17) is 0 Å². The largest absolute Gasteiger partial charge is 0.395 e. The van der Waals surface area contributed by atoms with Gasteiger partial charge in [0.05, 0.1) is 16.8 Å². The Morgan fingerprint density at radius 1 is 0.957 bits per heavy atom. The highest BCUT2D eigenvalue weighted by Gasteiger charge is 2.29. The maximum atomic E-state index is 11.7. The number of nitrogens with one attached hydrogen (secondary N) is 1. The second kappa shape index (κ2) is 6.44. The Balaban J connectivity index is 0.000000220. The van der Waals surface area contributed by atoms with Crippen LogP contribution in [-0.2, 0) is 4.84 Å². The Bertz CT molecular complexity index is 782. The molecule has 0 fully saturated rings. The minimum atomic E-state index is -0.317. The number of imide groups is 1. The lowest BCUT2D eigenvalue weighted by molar-refractivity contribution is 0.0880. The second-order valence-electron chi connectivity index (χ2n) is 5.29. The predicted molar refractivity (Wildman–Crippen MR) is 87.4 cm³/mol. The van der Waals surface area contributed by atoms with Crippen molar-refractivity contribution in [2.24, 2.45) is 5.16 Å². The van der Waals surface area contributed by atoms with E-state index >= 15 is 0 Å². The molecule has 0 aliphatic carbocycles. The van der Waals surface area contributed by atoms with E-state index in [9.17, 15) is 9.59 Å². The van der Waals surface area contributed by atoms with Gasteiger partial charge in [0.25, 0.3) is 11.8 Å². The maximum absolute atomic E-state index is 11.7. The van der Waals surface area contributed by atoms with E-state index in [0.717, 1.165) is 29.9 Å². The van der Waals surface area contributed by atoms with Crippen LogP contribution in [0.25, 0.3) is 11.1 Å². The lowest BCUT2D eigenvalue weighted by atomic mass is 9.97. The molecule has 23 heavy (non-hydrogen) atoms. The molecule has 2 aromatic carbocycles. The number of fused-ring (bicyclic) bond motifs is 1. The van der Waals surface area contributed by atoms with Crippen molar-refractivity contribution in [3.8, 4) is 11.1 Å². The van der Waals surface area contributed by atoms with Gasteiger partial charge in [0.1, 0.15) is 6.61 Å². The van der Waals surface area contributed by atoms with Crippen LogP contribution in [0.1, 0.15) is 34.1 Å². The summed E-state index contributed by atoms with van der Waals surface area (Å²) in [6, 6.07) is 14.9. The summed E-state index contributed by atoms with van der Waals surface area (Å²) in [5.74, 6) is -0.632. The molecule has 0 unspecified atom stereocenters. The van der Waals surface area contributed by atoms with E-state index in [2.05, 4.69) is 15.3 Å². The minimum Gasteiger partial charge on any atom is -0.395 e. The van der Waals surface area contributed by atoms with Crippen LogP contribution in [0.4, 0.5) is 0 Å². The molecule has 116 valence electrons. The van der Waals surface area contributed by atoms with Crippen molar-refractivity contribution in [3.63, 3.8) is 0 Å². The molecule has 1 N–H and O–H groups in total. The normalized spacial score (nSPS) is 15.1. The van der Waals surface area contributed by atoms with Gasteiger partial charge in [-0.3, -0.25) is 14.9 Å². The van der Waals surface area contributed by atoms with Gasteiger partial charge in [-0.2, -0.15) is 0 Å². The molecular formula is C18H16N2O3. The number of rotatable bonds is 1. The SMILES string of the molecule is CC1=NOCC1.O=C1NC(=O)c2c1cccc2-c1ccccc1. The lowest BCUT2D eigenvalue weighted by Gasteiger charge is -2.05. The molecule has 0 atom stereocenters. The zero-order valence-electron chi connectivity index (χ0n) is 12.7. The summed E-state index contributed by atoms with van der Waals surface area (Å²) in [7, 11) is 0. The Morgan fingerprint density at radius 3 is 2.30 bits per heavy atom. The fourth-order valence-corrected chi connectivity index (χ4v) is 2.47. The van der Waals surface area contributed by atoms with E-state index < -0.39 is 0 Å². The maximum Gasteiger partial charge on any atom is 0.259 e. The van der Waals surface area contributed by atoms with Crippen LogP contribution in [0.2, 0.25) is 0 Å². The molecule has 2 aliphatic rings. The van der Waals surface area contributed by atoms with Crippen LogP contribution in [0.15, 0.2) is 53.7 Å². The number of hydrogen-bond donors (Lipinski definition) is 1. The van der Waals surface area contributed by atoms with Crippen LogP contribution in [0.5, 0.6) is 0 Å². The summed E-state index contributed by atoms with van der Waals surface area (Å²) in [6.07, 6.45) is 1.01. The molecule has 0 radical (unpaired) electrons. The van der Waals surface area contributed by atoms with E-state index in [0.29, 0.717) is 11.1 Å². The molecule has 0 spiro atoms. The summed E-state index contributed by atoms with van der Waals surface area (Å²) < 4.78 is 0. The molecule has 2 amide bonds. The summed E-state index contributed by atoms with van der Waals surface area (Å²) >= 11 is 0. The van der Waals surface area contributed by atoms with Crippen LogP contribution in [0, 0.1) is 0 Å². The zero-order chi connectivity index (χ0) is 16.2. The molecule has 2 heterocycles. The van der Waals surface area contributed by atoms with Gasteiger partial charge in [-0.1, -0.05) is 47.6 Å². The number of amides is 2. The van der Waals surface area contributed by atoms with Gasteiger partial charge >= 0.3 is 0 Å². The number of carbonyl (C=O) groups is 2. The third-order valence-corrected chi connectivity index (χ3v) is 3.62. The highest BCUT2D eigenvalue weighted by Crippen LogP contribution is 2.28. The Hall–Kier alpha value is -2.95. The highest BCUT2D eigenvalue weighted by molar-refractivity contribution is 6.24. The van der Waals surface area contributed by atoms with Gasteiger partial charge < -0.3 is 4.84 Å². The third-order valence-electron chi connectivity index (χ3n) is 3.62. The third kappa shape index (κ3) is 3.13. The molecule has 2 aromatic rings. The lowest BCUT2D eigenvalue weighted by Crippen LogP contribution is -2.20. The van der Waals surface area contributed by atoms with Crippen LogP contribution in [0.3, 0.4) is 0 Å². The number of benzene rings is 2. The van der Waals surface area contributed by atoms with Gasteiger partial charge in [-0.15, -0.1) is 0 Å². The van der Waals surface area contributed by atoms with Crippen molar-refractivity contribution < 1.29 is 14.4 Å². The molecule has 4 rings (SSSR count). The fourth-order valence-electron chi connectivity index (χ4n) is 2.47. The van der Waals surface area contributed by atoms with E-state index in [-0.39, 0.29) is 11.8 Å². The molecule has 0 saturated carbocycles. The van der Waals surface area contributed by atoms with Crippen molar-refractivity contribution >= 4 is 17.5 Å². The first-order chi connectivity index (χ1) is 11.2. The topological polar surface area (TPSA) is 67.8 Å². The molecule has 5 nitrogen and oxygen atoms in total. The smallest absolute Gasteiger partial charge is 0.259 e. The van der Waals surface area contributed by atoms with Gasteiger partial charge in [0.2, 0.25) is 0 Å². The van der Waals surface area contributed by atoms with Gasteiger partial charge in [0, 0.05) is 6.42 Å². The summed E-state index contributed by atoms with van der Waals surface area (Å²) in [5, 5.41) is 5.97. The predicted octanol–water partition coefficient (Wildman–Crippen LogP) is 3.02. The first kappa shape index (κ1) is 15.0. The summed E-state index contributed by atoms with van der Waals surface area (Å²) in [4.78, 5) is 27.9. The van der Waals surface area contributed by atoms with Crippen LogP contribution in [-0.4, -0.2) is 24.1 Å². The Labute approximate surface area is 134 Å². The van der Waals surface area contributed by atoms with Crippen LogP contribution >= 0.6 is 0 Å². The van der Waals surface area contributed by atoms with E-state index in [1.165, 1.54) is 0 Å². The number of carbonyl (C=O) groups excluding carboxylic acids is 2. The quantitative estimate of drug-likeness (QED) is 0.823. The van der Waals surface area contributed by atoms with E-state index in [1.807, 2.05) is 43.3 Å². The average Bonchev–Trinajstić information content (AvgIpc) is 3.16. The molecule has 0 aromatic heterocycles. The van der Waals surface area contributed by atoms with E-state index in [1.54, 1.807) is 12.1 Å². The summed E-state index contributed by atoms with van der Waals surface area (Å²) in [5.41, 5.74) is 3.77. The molecule has 0 bridgehead atoms. The van der Waals surface area contributed by atoms with Crippen molar-refractivity contribution in [1.29, 1.82) is 0 Å². The molecule has 0 saturated heterocycles. The van der Waals surface area contributed by atoms with Crippen molar-refractivity contribution in [1.82, 2.24) is 5.32 Å². The number of oxime groups is 1. The fraction of sp³-hybridized carbons (Fsp3) is 0.167. The average molecular weight is 308 g/mol. The van der Waals surface area contributed by atoms with Gasteiger partial charge in [-0.05, 0) is 24.1 Å². The molecular weight excluding hydrogens is 292 g/mol. The number of nitrogens with zero attached hydrogens (tertiary/aromatic N) is 1. The minimum absolute atomic E-state index is 0.315. The summed E-state index contributed by atoms with van der Waals surface area (Å²) in [6.45, 7) is 2.75. The van der Waals surface area contributed by atoms with Crippen molar-refractivity contribution in [3.05, 3.63) is 59.7 Å². The number of hydrogen-bond acceptors (Lipinski definition) is 4. The monoisotopic (exact) mass is 308 g/mol. The van der Waals surface area contributed by atoms with Gasteiger partial charge in [-0.25, -0.2) is 0 Å². The first-order valence-corrected chi connectivity index (χ1v) is 7.36. The zero-order valence-corrected chi connectivity index (χ0v) is 12.7. The highest BCUT2D eigenvalue weighted by atomic mass is 16.6. The molecule has 5 heteroatoms.